The topological polar surface area (TPSA) is 97.5 Å². The third-order valence-electron chi connectivity index (χ3n) is 1.99. The maximum atomic E-state index is 10.3. The molecule has 3 N–H and O–H groups in total. The molecule has 1 atom stereocenters. The summed E-state index contributed by atoms with van der Waals surface area (Å²) in [6.07, 6.45) is -0.00579. The van der Waals surface area contributed by atoms with Gasteiger partial charge in [0.05, 0.1) is 0 Å². The minimum atomic E-state index is -4.29. The Morgan fingerprint density at radius 1 is 1.35 bits per heavy atom. The van der Waals surface area contributed by atoms with E-state index < -0.39 is 21.3 Å². The van der Waals surface area contributed by atoms with Crippen LogP contribution >= 0.6 is 0 Å². The van der Waals surface area contributed by atoms with Crippen molar-refractivity contribution in [2.24, 2.45) is 5.73 Å². The smallest absolute Gasteiger partial charge is 0.276 e. The molecule has 6 heteroatoms. The molecule has 0 bridgehead atoms. The van der Waals surface area contributed by atoms with Crippen LogP contribution in [0.4, 0.5) is 0 Å². The summed E-state index contributed by atoms with van der Waals surface area (Å²) >= 11 is 0. The van der Waals surface area contributed by atoms with Gasteiger partial charge in [-0.3, -0.25) is 9.35 Å². The van der Waals surface area contributed by atoms with E-state index in [1.54, 1.807) is 0 Å². The van der Waals surface area contributed by atoms with Gasteiger partial charge in [0, 0.05) is 0 Å². The van der Waals surface area contributed by atoms with E-state index in [1.807, 2.05) is 18.2 Å². The molecule has 0 fully saturated rings. The number of nitrogens with two attached hydrogens (primary N) is 1. The summed E-state index contributed by atoms with van der Waals surface area (Å²) in [5.74, 6) is -1.02. The van der Waals surface area contributed by atoms with Crippen LogP contribution in [0.25, 0.3) is 0 Å². The Bertz CT molecular complexity index is 442. The zero-order chi connectivity index (χ0) is 13.5. The third kappa shape index (κ3) is 6.70. The number of rotatable bonds is 3. The lowest BCUT2D eigenvalue weighted by molar-refractivity contribution is -0.117. The van der Waals surface area contributed by atoms with Gasteiger partial charge in [-0.1, -0.05) is 42.8 Å². The average molecular weight is 259 g/mol. The van der Waals surface area contributed by atoms with E-state index in [4.69, 9.17) is 4.55 Å². The Morgan fingerprint density at radius 3 is 1.94 bits per heavy atom. The fourth-order valence-electron chi connectivity index (χ4n) is 1.09. The number of amides is 1. The van der Waals surface area contributed by atoms with Crippen molar-refractivity contribution >= 4 is 16.0 Å². The van der Waals surface area contributed by atoms with Crippen molar-refractivity contribution < 1.29 is 17.8 Å². The third-order valence-corrected chi connectivity index (χ3v) is 3.27. The molecule has 0 saturated heterocycles. The van der Waals surface area contributed by atoms with Gasteiger partial charge in [-0.2, -0.15) is 8.42 Å². The van der Waals surface area contributed by atoms with Gasteiger partial charge in [0.1, 0.15) is 0 Å². The van der Waals surface area contributed by atoms with Gasteiger partial charge in [0.25, 0.3) is 10.1 Å². The van der Waals surface area contributed by atoms with Crippen molar-refractivity contribution in [2.45, 2.75) is 25.5 Å². The highest BCUT2D eigenvalue weighted by atomic mass is 32.2. The number of carbonyl (C=O) groups is 1. The zero-order valence-electron chi connectivity index (χ0n) is 9.83. The molecule has 0 aromatic heterocycles. The quantitative estimate of drug-likeness (QED) is 0.795. The summed E-state index contributed by atoms with van der Waals surface area (Å²) in [5, 5.41) is -1.47. The molecule has 0 aliphatic heterocycles. The molecule has 0 aliphatic rings. The summed E-state index contributed by atoms with van der Waals surface area (Å²) in [4.78, 5) is 10.3. The Hall–Kier alpha value is -1.40. The highest BCUT2D eigenvalue weighted by Gasteiger charge is 2.26. The van der Waals surface area contributed by atoms with Crippen molar-refractivity contribution in [1.82, 2.24) is 0 Å². The van der Waals surface area contributed by atoms with Crippen LogP contribution < -0.4 is 5.73 Å². The second-order valence-electron chi connectivity index (χ2n) is 3.47. The van der Waals surface area contributed by atoms with E-state index in [0.29, 0.717) is 0 Å². The summed E-state index contributed by atoms with van der Waals surface area (Å²) in [6.45, 7) is 3.53. The second kappa shape index (κ2) is 7.03. The molecule has 96 valence electrons. The van der Waals surface area contributed by atoms with Crippen molar-refractivity contribution in [3.63, 3.8) is 0 Å². The molecule has 17 heavy (non-hydrogen) atoms. The first-order valence-corrected chi connectivity index (χ1v) is 6.56. The maximum absolute atomic E-state index is 10.3. The first-order chi connectivity index (χ1) is 7.79. The SMILES string of the molecule is CCC(C(N)=O)S(=O)(=O)O.Cc1ccccc1. The summed E-state index contributed by atoms with van der Waals surface area (Å²) in [5.41, 5.74) is 5.98. The molecule has 1 aromatic rings. The van der Waals surface area contributed by atoms with E-state index >= 15 is 0 Å². The minimum Gasteiger partial charge on any atom is -0.368 e. The Morgan fingerprint density at radius 2 is 1.82 bits per heavy atom. The molecule has 0 spiro atoms. The molecular weight excluding hydrogens is 242 g/mol. The molecular formula is C11H17NO4S. The van der Waals surface area contributed by atoms with E-state index in [1.165, 1.54) is 12.5 Å². The number of hydrogen-bond acceptors (Lipinski definition) is 3. The van der Waals surface area contributed by atoms with Crippen LogP contribution in [-0.2, 0) is 14.9 Å². The molecule has 1 amide bonds. The van der Waals surface area contributed by atoms with Crippen LogP contribution in [0.15, 0.2) is 30.3 Å². The van der Waals surface area contributed by atoms with E-state index in [2.05, 4.69) is 24.8 Å². The van der Waals surface area contributed by atoms with Crippen molar-refractivity contribution in [1.29, 1.82) is 0 Å². The van der Waals surface area contributed by atoms with Crippen molar-refractivity contribution in [3.8, 4) is 0 Å². The average Bonchev–Trinajstić information content (AvgIpc) is 2.17. The van der Waals surface area contributed by atoms with E-state index in [0.717, 1.165) is 0 Å². The number of benzene rings is 1. The van der Waals surface area contributed by atoms with E-state index in [-0.39, 0.29) is 6.42 Å². The number of carbonyl (C=O) groups excluding carboxylic acids is 1. The normalized spacial score (nSPS) is 12.2. The molecule has 1 aromatic carbocycles. The van der Waals surface area contributed by atoms with Crippen LogP contribution in [0.3, 0.4) is 0 Å². The summed E-state index contributed by atoms with van der Waals surface area (Å²) in [7, 11) is -4.29. The number of aryl methyl sites for hydroxylation is 1. The van der Waals surface area contributed by atoms with Crippen LogP contribution in [-0.4, -0.2) is 24.1 Å². The van der Waals surface area contributed by atoms with Gasteiger partial charge in [-0.25, -0.2) is 0 Å². The standard InChI is InChI=1S/C7H8.C4H9NO4S/c1-7-5-3-2-4-6-7;1-2-3(4(5)6)10(7,8)9/h2-6H,1H3;3H,2H2,1H3,(H2,5,6)(H,7,8,9). The highest BCUT2D eigenvalue weighted by molar-refractivity contribution is 7.87. The number of hydrogen-bond donors (Lipinski definition) is 2. The predicted octanol–water partition coefficient (Wildman–Crippen LogP) is 1.13. The van der Waals surface area contributed by atoms with E-state index in [9.17, 15) is 13.2 Å². The monoisotopic (exact) mass is 259 g/mol. The molecule has 1 unspecified atom stereocenters. The fourth-order valence-corrected chi connectivity index (χ4v) is 1.81. The molecule has 0 aliphatic carbocycles. The second-order valence-corrected chi connectivity index (χ2v) is 5.07. The predicted molar refractivity (Wildman–Crippen MR) is 66.0 cm³/mol. The fraction of sp³-hybridized carbons (Fsp3) is 0.364. The molecule has 0 heterocycles. The highest BCUT2D eigenvalue weighted by Crippen LogP contribution is 2.01. The van der Waals surface area contributed by atoms with Gasteiger partial charge in [-0.15, -0.1) is 0 Å². The minimum absolute atomic E-state index is 0.00579. The van der Waals surface area contributed by atoms with Crippen LogP contribution in [0.5, 0.6) is 0 Å². The lowest BCUT2D eigenvalue weighted by Crippen LogP contribution is -2.34. The first-order valence-electron chi connectivity index (χ1n) is 5.06. The van der Waals surface area contributed by atoms with Gasteiger partial charge >= 0.3 is 0 Å². The van der Waals surface area contributed by atoms with Gasteiger partial charge in [-0.05, 0) is 13.3 Å². The number of primary amides is 1. The summed E-state index contributed by atoms with van der Waals surface area (Å²) < 4.78 is 28.8. The first kappa shape index (κ1) is 15.6. The Kier molecular flexibility index (Phi) is 6.45. The lowest BCUT2D eigenvalue weighted by atomic mass is 10.2. The van der Waals surface area contributed by atoms with Gasteiger partial charge < -0.3 is 5.73 Å². The molecule has 5 nitrogen and oxygen atoms in total. The summed E-state index contributed by atoms with van der Waals surface area (Å²) in [6, 6.07) is 10.3. The van der Waals surface area contributed by atoms with Crippen molar-refractivity contribution in [3.05, 3.63) is 35.9 Å². The largest absolute Gasteiger partial charge is 0.368 e. The van der Waals surface area contributed by atoms with Gasteiger partial charge in [0.15, 0.2) is 5.25 Å². The van der Waals surface area contributed by atoms with Crippen LogP contribution in [0.1, 0.15) is 18.9 Å². The van der Waals surface area contributed by atoms with Crippen LogP contribution in [0.2, 0.25) is 0 Å². The van der Waals surface area contributed by atoms with Crippen LogP contribution in [0, 0.1) is 6.92 Å². The van der Waals surface area contributed by atoms with Crippen molar-refractivity contribution in [2.75, 3.05) is 0 Å². The maximum Gasteiger partial charge on any atom is 0.276 e. The Labute approximate surface area is 101 Å². The lowest BCUT2D eigenvalue weighted by Gasteiger charge is -2.04. The molecule has 1 rings (SSSR count). The Balaban J connectivity index is 0.000000318. The zero-order valence-corrected chi connectivity index (χ0v) is 10.6. The molecule has 0 saturated carbocycles. The van der Waals surface area contributed by atoms with Gasteiger partial charge in [0.2, 0.25) is 5.91 Å². The molecule has 0 radical (unpaired) electrons.